The number of hydrogen-bond donors (Lipinski definition) is 1. The normalized spacial score (nSPS) is 13.2. The molecule has 1 rings (SSSR count). The van der Waals surface area contributed by atoms with E-state index >= 15 is 0 Å². The van der Waals surface area contributed by atoms with Crippen LogP contribution in [0.15, 0.2) is 24.3 Å². The Kier molecular flexibility index (Phi) is 7.86. The summed E-state index contributed by atoms with van der Waals surface area (Å²) in [6.07, 6.45) is 1.13. The summed E-state index contributed by atoms with van der Waals surface area (Å²) in [5, 5.41) is 3.49. The van der Waals surface area contributed by atoms with Crippen LogP contribution >= 0.6 is 0 Å². The molecule has 0 aromatic heterocycles. The molecule has 0 fully saturated rings. The van der Waals surface area contributed by atoms with E-state index in [2.05, 4.69) is 64.2 Å². The van der Waals surface area contributed by atoms with E-state index < -0.39 is 0 Å². The van der Waals surface area contributed by atoms with E-state index in [1.165, 1.54) is 11.1 Å². The van der Waals surface area contributed by atoms with Crippen molar-refractivity contribution in [2.24, 2.45) is 5.92 Å². The minimum Gasteiger partial charge on any atom is -0.377 e. The Morgan fingerprint density at radius 3 is 2.20 bits per heavy atom. The largest absolute Gasteiger partial charge is 0.377 e. The van der Waals surface area contributed by atoms with Crippen molar-refractivity contribution < 1.29 is 4.74 Å². The Bertz CT molecular complexity index is 356. The fraction of sp³-hybridized carbons (Fsp3) is 0.667. The summed E-state index contributed by atoms with van der Waals surface area (Å²) in [6.45, 7) is 13.7. The standard InChI is InChI=1S/C18H31NO/c1-14(2)10-11-20-13-17-6-8-18(9-7-17)16(5)12-19-15(3)4/h6-9,14-16,19H,10-13H2,1-5H3. The lowest BCUT2D eigenvalue weighted by Gasteiger charge is -2.15. The van der Waals surface area contributed by atoms with Crippen LogP contribution in [0.2, 0.25) is 0 Å². The summed E-state index contributed by atoms with van der Waals surface area (Å²) in [5.41, 5.74) is 2.66. The fourth-order valence-electron chi connectivity index (χ4n) is 1.98. The quantitative estimate of drug-likeness (QED) is 0.678. The highest BCUT2D eigenvalue weighted by atomic mass is 16.5. The summed E-state index contributed by atoms with van der Waals surface area (Å²) in [5.74, 6) is 1.26. The van der Waals surface area contributed by atoms with Gasteiger partial charge >= 0.3 is 0 Å². The molecule has 20 heavy (non-hydrogen) atoms. The van der Waals surface area contributed by atoms with Gasteiger partial charge in [0.15, 0.2) is 0 Å². The van der Waals surface area contributed by atoms with Gasteiger partial charge in [-0.25, -0.2) is 0 Å². The molecule has 1 aromatic carbocycles. The van der Waals surface area contributed by atoms with Crippen molar-refractivity contribution in [1.82, 2.24) is 5.32 Å². The van der Waals surface area contributed by atoms with Crippen molar-refractivity contribution in [3.8, 4) is 0 Å². The third-order valence-electron chi connectivity index (χ3n) is 3.49. The molecule has 0 amide bonds. The number of ether oxygens (including phenoxy) is 1. The highest BCUT2D eigenvalue weighted by molar-refractivity contribution is 5.24. The minimum atomic E-state index is 0.547. The fourth-order valence-corrected chi connectivity index (χ4v) is 1.98. The first-order chi connectivity index (χ1) is 9.49. The van der Waals surface area contributed by atoms with E-state index in [1.54, 1.807) is 0 Å². The van der Waals surface area contributed by atoms with Crippen LogP contribution < -0.4 is 5.32 Å². The SMILES string of the molecule is CC(C)CCOCc1ccc(C(C)CNC(C)C)cc1. The topological polar surface area (TPSA) is 21.3 Å². The molecule has 0 heterocycles. The third-order valence-corrected chi connectivity index (χ3v) is 3.49. The van der Waals surface area contributed by atoms with Gasteiger partial charge in [-0.15, -0.1) is 0 Å². The molecule has 0 bridgehead atoms. The van der Waals surface area contributed by atoms with Crippen LogP contribution in [-0.4, -0.2) is 19.2 Å². The Morgan fingerprint density at radius 1 is 1.00 bits per heavy atom. The zero-order valence-corrected chi connectivity index (χ0v) is 13.8. The number of rotatable bonds is 9. The lowest BCUT2D eigenvalue weighted by molar-refractivity contribution is 0.110. The molecule has 0 aliphatic carbocycles. The van der Waals surface area contributed by atoms with Gasteiger partial charge in [0, 0.05) is 19.2 Å². The lowest BCUT2D eigenvalue weighted by atomic mass is 9.99. The Morgan fingerprint density at radius 2 is 1.65 bits per heavy atom. The van der Waals surface area contributed by atoms with E-state index in [4.69, 9.17) is 4.74 Å². The molecule has 1 aromatic rings. The number of nitrogens with one attached hydrogen (secondary N) is 1. The monoisotopic (exact) mass is 277 g/mol. The maximum atomic E-state index is 5.70. The van der Waals surface area contributed by atoms with E-state index in [1.807, 2.05) is 0 Å². The van der Waals surface area contributed by atoms with E-state index in [0.29, 0.717) is 17.9 Å². The van der Waals surface area contributed by atoms with Gasteiger partial charge in [-0.1, -0.05) is 58.9 Å². The van der Waals surface area contributed by atoms with Gasteiger partial charge in [-0.3, -0.25) is 0 Å². The maximum Gasteiger partial charge on any atom is 0.0716 e. The molecule has 2 heteroatoms. The van der Waals surface area contributed by atoms with Gasteiger partial charge in [-0.2, -0.15) is 0 Å². The molecular formula is C18H31NO. The zero-order valence-electron chi connectivity index (χ0n) is 13.8. The molecule has 0 saturated carbocycles. The molecule has 2 nitrogen and oxygen atoms in total. The van der Waals surface area contributed by atoms with Crippen molar-refractivity contribution in [3.63, 3.8) is 0 Å². The molecule has 1 unspecified atom stereocenters. The van der Waals surface area contributed by atoms with Crippen LogP contribution in [-0.2, 0) is 11.3 Å². The molecule has 1 N–H and O–H groups in total. The van der Waals surface area contributed by atoms with Crippen LogP contribution in [0, 0.1) is 5.92 Å². The summed E-state index contributed by atoms with van der Waals surface area (Å²) < 4.78 is 5.70. The zero-order chi connectivity index (χ0) is 15.0. The van der Waals surface area contributed by atoms with E-state index in [9.17, 15) is 0 Å². The van der Waals surface area contributed by atoms with Crippen molar-refractivity contribution in [2.45, 2.75) is 59.6 Å². The number of hydrogen-bond acceptors (Lipinski definition) is 2. The molecule has 114 valence electrons. The van der Waals surface area contributed by atoms with E-state index in [0.717, 1.165) is 26.2 Å². The van der Waals surface area contributed by atoms with Gasteiger partial charge in [0.25, 0.3) is 0 Å². The second-order valence-electron chi connectivity index (χ2n) is 6.44. The van der Waals surface area contributed by atoms with Gasteiger partial charge in [0.1, 0.15) is 0 Å². The second-order valence-corrected chi connectivity index (χ2v) is 6.44. The van der Waals surface area contributed by atoms with Gasteiger partial charge in [0.05, 0.1) is 6.61 Å². The van der Waals surface area contributed by atoms with Crippen LogP contribution in [0.1, 0.15) is 58.1 Å². The smallest absolute Gasteiger partial charge is 0.0716 e. The summed E-state index contributed by atoms with van der Waals surface area (Å²) in [6, 6.07) is 9.39. The predicted octanol–water partition coefficient (Wildman–Crippen LogP) is 4.35. The molecule has 1 atom stereocenters. The first kappa shape index (κ1) is 17.2. The van der Waals surface area contributed by atoms with Crippen LogP contribution in [0.25, 0.3) is 0 Å². The third kappa shape index (κ3) is 7.06. The van der Waals surface area contributed by atoms with Gasteiger partial charge in [-0.05, 0) is 29.4 Å². The molecule has 0 aliphatic heterocycles. The van der Waals surface area contributed by atoms with Crippen molar-refractivity contribution in [3.05, 3.63) is 35.4 Å². The highest BCUT2D eigenvalue weighted by Gasteiger charge is 2.06. The first-order valence-corrected chi connectivity index (χ1v) is 7.89. The Hall–Kier alpha value is -0.860. The van der Waals surface area contributed by atoms with Crippen LogP contribution in [0.3, 0.4) is 0 Å². The Balaban J connectivity index is 2.35. The van der Waals surface area contributed by atoms with Crippen molar-refractivity contribution in [2.75, 3.05) is 13.2 Å². The van der Waals surface area contributed by atoms with Crippen LogP contribution in [0.5, 0.6) is 0 Å². The molecule has 0 radical (unpaired) electrons. The molecule has 0 saturated heterocycles. The van der Waals surface area contributed by atoms with Crippen LogP contribution in [0.4, 0.5) is 0 Å². The summed E-state index contributed by atoms with van der Waals surface area (Å²) in [7, 11) is 0. The highest BCUT2D eigenvalue weighted by Crippen LogP contribution is 2.16. The average Bonchev–Trinajstić information content (AvgIpc) is 2.41. The molecule has 0 aliphatic rings. The van der Waals surface area contributed by atoms with Gasteiger partial charge in [0.2, 0.25) is 0 Å². The summed E-state index contributed by atoms with van der Waals surface area (Å²) in [4.78, 5) is 0. The van der Waals surface area contributed by atoms with E-state index in [-0.39, 0.29) is 0 Å². The second kappa shape index (κ2) is 9.15. The predicted molar refractivity (Wildman–Crippen MR) is 87.1 cm³/mol. The van der Waals surface area contributed by atoms with Crippen molar-refractivity contribution in [1.29, 1.82) is 0 Å². The average molecular weight is 277 g/mol. The lowest BCUT2D eigenvalue weighted by Crippen LogP contribution is -2.26. The maximum absolute atomic E-state index is 5.70. The summed E-state index contributed by atoms with van der Waals surface area (Å²) >= 11 is 0. The minimum absolute atomic E-state index is 0.547. The molecular weight excluding hydrogens is 246 g/mol. The molecule has 0 spiro atoms. The van der Waals surface area contributed by atoms with Gasteiger partial charge < -0.3 is 10.1 Å². The Labute approximate surface area is 124 Å². The van der Waals surface area contributed by atoms with Crippen molar-refractivity contribution >= 4 is 0 Å². The number of benzene rings is 1. The first-order valence-electron chi connectivity index (χ1n) is 7.89.